The van der Waals surface area contributed by atoms with Crippen molar-refractivity contribution in [1.29, 1.82) is 0 Å². The van der Waals surface area contributed by atoms with E-state index in [1.165, 1.54) is 11.1 Å². The number of rotatable bonds is 4. The molecule has 1 aliphatic rings. The highest BCUT2D eigenvalue weighted by molar-refractivity contribution is 5.73. The Morgan fingerprint density at radius 2 is 1.88 bits per heavy atom. The lowest BCUT2D eigenvalue weighted by Gasteiger charge is -2.41. The number of piperazine rings is 1. The molecule has 0 radical (unpaired) electrons. The average Bonchev–Trinajstić information content (AvgIpc) is 2.63. The summed E-state index contributed by atoms with van der Waals surface area (Å²) in [4.78, 5) is 20.3. The molecule has 0 bridgehead atoms. The molecule has 0 aliphatic carbocycles. The molecular weight excluding hydrogens is 302 g/mol. The number of amides is 1. The maximum absolute atomic E-state index is 11.8. The van der Waals surface area contributed by atoms with Crippen LogP contribution in [-0.2, 0) is 11.3 Å². The van der Waals surface area contributed by atoms with E-state index >= 15 is 0 Å². The molecule has 5 heteroatoms. The summed E-state index contributed by atoms with van der Waals surface area (Å²) >= 11 is 0. The molecule has 0 saturated carbocycles. The van der Waals surface area contributed by atoms with Crippen LogP contribution in [0.2, 0.25) is 0 Å². The fraction of sp³-hybridized carbons (Fsp3) is 0.368. The minimum atomic E-state index is 0.136. The van der Waals surface area contributed by atoms with Gasteiger partial charge in [0.15, 0.2) is 0 Å². The van der Waals surface area contributed by atoms with Crippen molar-refractivity contribution in [1.82, 2.24) is 14.8 Å². The van der Waals surface area contributed by atoms with Gasteiger partial charge in [-0.05, 0) is 35.4 Å². The van der Waals surface area contributed by atoms with Gasteiger partial charge in [0.1, 0.15) is 5.75 Å². The second kappa shape index (κ2) is 7.45. The Morgan fingerprint density at radius 3 is 2.50 bits per heavy atom. The number of carbonyl (C=O) groups excluding carboxylic acids is 1. The predicted molar refractivity (Wildman–Crippen MR) is 92.6 cm³/mol. The Hall–Kier alpha value is -2.40. The molecule has 0 N–H and O–H groups in total. The van der Waals surface area contributed by atoms with Gasteiger partial charge in [-0.25, -0.2) is 0 Å². The highest BCUT2D eigenvalue weighted by Gasteiger charge is 2.29. The number of methoxy groups -OCH3 is 1. The Morgan fingerprint density at radius 1 is 1.17 bits per heavy atom. The highest BCUT2D eigenvalue weighted by Crippen LogP contribution is 2.28. The average molecular weight is 325 g/mol. The predicted octanol–water partition coefficient (Wildman–Crippen LogP) is 2.50. The second-order valence-electron chi connectivity index (χ2n) is 6.08. The van der Waals surface area contributed by atoms with E-state index in [-0.39, 0.29) is 11.9 Å². The van der Waals surface area contributed by atoms with Gasteiger partial charge in [0.05, 0.1) is 13.2 Å². The van der Waals surface area contributed by atoms with Crippen LogP contribution in [0.25, 0.3) is 0 Å². The summed E-state index contributed by atoms with van der Waals surface area (Å²) < 4.78 is 5.25. The van der Waals surface area contributed by atoms with Crippen molar-refractivity contribution in [2.75, 3.05) is 26.7 Å². The summed E-state index contributed by atoms with van der Waals surface area (Å²) in [7, 11) is 1.67. The monoisotopic (exact) mass is 325 g/mol. The first-order valence-electron chi connectivity index (χ1n) is 8.20. The molecule has 0 spiro atoms. The van der Waals surface area contributed by atoms with Crippen molar-refractivity contribution < 1.29 is 9.53 Å². The molecule has 3 rings (SSSR count). The van der Waals surface area contributed by atoms with E-state index in [4.69, 9.17) is 4.74 Å². The molecular formula is C19H23N3O2. The number of carbonyl (C=O) groups is 1. The molecule has 126 valence electrons. The van der Waals surface area contributed by atoms with Crippen LogP contribution in [0.15, 0.2) is 48.8 Å². The van der Waals surface area contributed by atoms with E-state index in [2.05, 4.69) is 22.0 Å². The minimum absolute atomic E-state index is 0.136. The van der Waals surface area contributed by atoms with Crippen LogP contribution >= 0.6 is 0 Å². The number of aromatic nitrogens is 1. The van der Waals surface area contributed by atoms with E-state index in [0.29, 0.717) is 6.54 Å². The molecule has 1 saturated heterocycles. The lowest BCUT2D eigenvalue weighted by molar-refractivity contribution is -0.132. The van der Waals surface area contributed by atoms with Crippen molar-refractivity contribution in [2.45, 2.75) is 19.5 Å². The lowest BCUT2D eigenvalue weighted by atomic mass is 10.0. The number of hydrogen-bond donors (Lipinski definition) is 0. The summed E-state index contributed by atoms with van der Waals surface area (Å²) in [6.07, 6.45) is 3.65. The molecule has 1 fully saturated rings. The van der Waals surface area contributed by atoms with Crippen LogP contribution in [0.4, 0.5) is 0 Å². The summed E-state index contributed by atoms with van der Waals surface area (Å²) in [6.45, 7) is 4.84. The van der Waals surface area contributed by atoms with Gasteiger partial charge < -0.3 is 9.64 Å². The van der Waals surface area contributed by atoms with Gasteiger partial charge in [0, 0.05) is 45.5 Å². The number of ether oxygens (including phenoxy) is 1. The van der Waals surface area contributed by atoms with Gasteiger partial charge in [0.2, 0.25) is 5.91 Å². The second-order valence-corrected chi connectivity index (χ2v) is 6.08. The van der Waals surface area contributed by atoms with Gasteiger partial charge in [-0.2, -0.15) is 0 Å². The number of hydrogen-bond acceptors (Lipinski definition) is 4. The maximum atomic E-state index is 11.8. The van der Waals surface area contributed by atoms with E-state index in [1.807, 2.05) is 41.6 Å². The fourth-order valence-corrected chi connectivity index (χ4v) is 3.16. The first-order valence-corrected chi connectivity index (χ1v) is 8.20. The minimum Gasteiger partial charge on any atom is -0.497 e. The zero-order chi connectivity index (χ0) is 16.9. The quantitative estimate of drug-likeness (QED) is 0.866. The van der Waals surface area contributed by atoms with E-state index < -0.39 is 0 Å². The van der Waals surface area contributed by atoms with Crippen molar-refractivity contribution in [3.05, 3.63) is 59.9 Å². The third kappa shape index (κ3) is 3.74. The first kappa shape index (κ1) is 16.5. The van der Waals surface area contributed by atoms with Crippen molar-refractivity contribution in [3.8, 4) is 5.75 Å². The smallest absolute Gasteiger partial charge is 0.219 e. The molecule has 1 aromatic heterocycles. The van der Waals surface area contributed by atoms with Gasteiger partial charge in [-0.1, -0.05) is 12.1 Å². The Balaban J connectivity index is 1.83. The van der Waals surface area contributed by atoms with Crippen molar-refractivity contribution in [3.63, 3.8) is 0 Å². The van der Waals surface area contributed by atoms with Crippen LogP contribution in [0.3, 0.4) is 0 Å². The number of nitrogens with zero attached hydrogens (tertiary/aromatic N) is 3. The van der Waals surface area contributed by atoms with E-state index in [1.54, 1.807) is 14.0 Å². The summed E-state index contributed by atoms with van der Waals surface area (Å²) in [6, 6.07) is 12.4. The van der Waals surface area contributed by atoms with Gasteiger partial charge in [-0.15, -0.1) is 0 Å². The molecule has 1 amide bonds. The summed E-state index contributed by atoms with van der Waals surface area (Å²) in [5.41, 5.74) is 2.44. The zero-order valence-electron chi connectivity index (χ0n) is 14.2. The highest BCUT2D eigenvalue weighted by atomic mass is 16.5. The van der Waals surface area contributed by atoms with E-state index in [0.717, 1.165) is 25.4 Å². The molecule has 5 nitrogen and oxygen atoms in total. The van der Waals surface area contributed by atoms with Crippen LogP contribution in [0.5, 0.6) is 5.75 Å². The van der Waals surface area contributed by atoms with Gasteiger partial charge in [-0.3, -0.25) is 14.7 Å². The molecule has 2 aromatic rings. The lowest BCUT2D eigenvalue weighted by Crippen LogP contribution is -2.49. The van der Waals surface area contributed by atoms with E-state index in [9.17, 15) is 4.79 Å². The van der Waals surface area contributed by atoms with Crippen molar-refractivity contribution >= 4 is 5.91 Å². The molecule has 1 atom stereocenters. The Bertz CT molecular complexity index is 673. The standard InChI is InChI=1S/C19H23N3O2/c1-15(23)21-11-12-22(13-16-7-9-20-10-8-16)19(14-21)17-3-5-18(24-2)6-4-17/h3-10,19H,11-14H2,1-2H3/t19-/m0/s1. The fourth-order valence-electron chi connectivity index (χ4n) is 3.16. The number of pyridine rings is 1. The summed E-state index contributed by atoms with van der Waals surface area (Å²) in [5, 5.41) is 0. The number of benzene rings is 1. The molecule has 24 heavy (non-hydrogen) atoms. The summed E-state index contributed by atoms with van der Waals surface area (Å²) in [5.74, 6) is 0.982. The van der Waals surface area contributed by atoms with Gasteiger partial charge >= 0.3 is 0 Å². The van der Waals surface area contributed by atoms with Crippen LogP contribution in [0.1, 0.15) is 24.1 Å². The third-order valence-corrected chi connectivity index (χ3v) is 4.57. The molecule has 1 aromatic carbocycles. The first-order chi connectivity index (χ1) is 11.7. The van der Waals surface area contributed by atoms with Crippen LogP contribution in [0, 0.1) is 0 Å². The zero-order valence-corrected chi connectivity index (χ0v) is 14.2. The molecule has 1 aliphatic heterocycles. The third-order valence-electron chi connectivity index (χ3n) is 4.57. The van der Waals surface area contributed by atoms with Crippen LogP contribution in [-0.4, -0.2) is 47.4 Å². The van der Waals surface area contributed by atoms with Crippen molar-refractivity contribution in [2.24, 2.45) is 0 Å². The topological polar surface area (TPSA) is 45.7 Å². The SMILES string of the molecule is COc1ccc([C@@H]2CN(C(C)=O)CCN2Cc2ccncc2)cc1. The normalized spacial score (nSPS) is 18.4. The maximum Gasteiger partial charge on any atom is 0.219 e. The van der Waals surface area contributed by atoms with Gasteiger partial charge in [0.25, 0.3) is 0 Å². The molecule has 2 heterocycles. The largest absolute Gasteiger partial charge is 0.497 e. The van der Waals surface area contributed by atoms with Crippen LogP contribution < -0.4 is 4.74 Å². The Kier molecular flexibility index (Phi) is 5.11. The Labute approximate surface area is 142 Å². The molecule has 0 unspecified atom stereocenters.